The summed E-state index contributed by atoms with van der Waals surface area (Å²) in [6.07, 6.45) is 3.11. The molecule has 0 saturated carbocycles. The first-order valence-corrected chi connectivity index (χ1v) is 9.05. The number of aromatic nitrogens is 2. The second-order valence-electron chi connectivity index (χ2n) is 5.89. The number of rotatable bonds is 6. The molecule has 2 heterocycles. The first-order chi connectivity index (χ1) is 11.2. The molecule has 0 unspecified atom stereocenters. The van der Waals surface area contributed by atoms with Crippen molar-refractivity contribution in [2.45, 2.75) is 40.0 Å². The minimum absolute atomic E-state index is 0.773. The van der Waals surface area contributed by atoms with Crippen molar-refractivity contribution < 1.29 is 0 Å². The molecule has 0 aliphatic rings. The molecule has 0 radical (unpaired) electrons. The molecule has 0 aliphatic carbocycles. The van der Waals surface area contributed by atoms with Crippen LogP contribution in [0.25, 0.3) is 10.2 Å². The number of hydrogen-bond donors (Lipinski definition) is 1. The topological polar surface area (TPSA) is 37.8 Å². The number of nitrogens with zero attached hydrogens (tertiary/aromatic N) is 2. The van der Waals surface area contributed by atoms with Gasteiger partial charge in [-0.05, 0) is 31.4 Å². The van der Waals surface area contributed by atoms with Gasteiger partial charge >= 0.3 is 0 Å². The molecule has 0 saturated heterocycles. The highest BCUT2D eigenvalue weighted by Crippen LogP contribution is 2.33. The van der Waals surface area contributed by atoms with Crippen LogP contribution in [0.5, 0.6) is 0 Å². The van der Waals surface area contributed by atoms with Gasteiger partial charge in [-0.25, -0.2) is 9.97 Å². The van der Waals surface area contributed by atoms with Crippen LogP contribution in [0, 0.1) is 13.8 Å². The first-order valence-electron chi connectivity index (χ1n) is 8.23. The van der Waals surface area contributed by atoms with Crippen LogP contribution >= 0.6 is 11.3 Å². The Morgan fingerprint density at radius 3 is 2.61 bits per heavy atom. The van der Waals surface area contributed by atoms with E-state index in [2.05, 4.69) is 50.4 Å². The highest BCUT2D eigenvalue weighted by molar-refractivity contribution is 7.18. The molecule has 3 rings (SSSR count). The van der Waals surface area contributed by atoms with Crippen molar-refractivity contribution in [3.63, 3.8) is 0 Å². The molecule has 0 aliphatic heterocycles. The summed E-state index contributed by atoms with van der Waals surface area (Å²) in [6.45, 7) is 7.49. The predicted molar refractivity (Wildman–Crippen MR) is 99.5 cm³/mol. The van der Waals surface area contributed by atoms with Crippen molar-refractivity contribution in [2.75, 3.05) is 11.9 Å². The Morgan fingerprint density at radius 2 is 1.87 bits per heavy atom. The molecule has 0 amide bonds. The van der Waals surface area contributed by atoms with Gasteiger partial charge in [-0.2, -0.15) is 0 Å². The molecule has 120 valence electrons. The van der Waals surface area contributed by atoms with Crippen molar-refractivity contribution in [2.24, 2.45) is 0 Å². The van der Waals surface area contributed by atoms with E-state index in [0.717, 1.165) is 35.9 Å². The van der Waals surface area contributed by atoms with E-state index < -0.39 is 0 Å². The average Bonchev–Trinajstić information content (AvgIpc) is 2.83. The first kappa shape index (κ1) is 15.9. The largest absolute Gasteiger partial charge is 0.369 e. The summed E-state index contributed by atoms with van der Waals surface area (Å²) in [5, 5.41) is 4.72. The molecule has 3 nitrogen and oxygen atoms in total. The Hall–Kier alpha value is -1.94. The Balaban J connectivity index is 1.99. The van der Waals surface area contributed by atoms with Gasteiger partial charge in [0.15, 0.2) is 0 Å². The third-order valence-corrected chi connectivity index (χ3v) is 5.20. The summed E-state index contributed by atoms with van der Waals surface area (Å²) in [6, 6.07) is 10.4. The predicted octanol–water partition coefficient (Wildman–Crippen LogP) is 5.11. The number of hydrogen-bond acceptors (Lipinski definition) is 4. The van der Waals surface area contributed by atoms with Gasteiger partial charge in [-0.3, -0.25) is 0 Å². The van der Waals surface area contributed by atoms with Gasteiger partial charge in [0, 0.05) is 17.8 Å². The van der Waals surface area contributed by atoms with E-state index in [1.54, 1.807) is 11.3 Å². The zero-order chi connectivity index (χ0) is 16.2. The summed E-state index contributed by atoms with van der Waals surface area (Å²) in [5.74, 6) is 1.89. The van der Waals surface area contributed by atoms with E-state index in [-0.39, 0.29) is 0 Å². The maximum Gasteiger partial charge on any atom is 0.138 e. The van der Waals surface area contributed by atoms with Gasteiger partial charge in [0.25, 0.3) is 0 Å². The van der Waals surface area contributed by atoms with E-state index in [0.29, 0.717) is 0 Å². The van der Waals surface area contributed by atoms with Gasteiger partial charge in [0.05, 0.1) is 5.39 Å². The SMILES string of the molecule is CCCCNc1nc(Cc2ccccc2)nc2sc(C)c(C)c12. The van der Waals surface area contributed by atoms with Gasteiger partial charge in [-0.1, -0.05) is 43.7 Å². The van der Waals surface area contributed by atoms with Crippen LogP contribution in [0.1, 0.15) is 41.6 Å². The fraction of sp³-hybridized carbons (Fsp3) is 0.368. The van der Waals surface area contributed by atoms with E-state index >= 15 is 0 Å². The van der Waals surface area contributed by atoms with Crippen LogP contribution in [0.4, 0.5) is 5.82 Å². The molecule has 0 bridgehead atoms. The van der Waals surface area contributed by atoms with E-state index in [1.807, 2.05) is 6.07 Å². The molecule has 0 atom stereocenters. The summed E-state index contributed by atoms with van der Waals surface area (Å²) < 4.78 is 0. The van der Waals surface area contributed by atoms with E-state index in [1.165, 1.54) is 27.8 Å². The number of fused-ring (bicyclic) bond motifs is 1. The second kappa shape index (κ2) is 7.09. The smallest absolute Gasteiger partial charge is 0.138 e. The fourth-order valence-corrected chi connectivity index (χ4v) is 3.71. The number of nitrogens with one attached hydrogen (secondary N) is 1. The van der Waals surface area contributed by atoms with E-state index in [4.69, 9.17) is 9.97 Å². The lowest BCUT2D eigenvalue weighted by Crippen LogP contribution is -2.07. The van der Waals surface area contributed by atoms with Crippen molar-refractivity contribution >= 4 is 27.4 Å². The Kier molecular flexibility index (Phi) is 4.91. The van der Waals surface area contributed by atoms with Gasteiger partial charge in [0.2, 0.25) is 0 Å². The minimum Gasteiger partial charge on any atom is -0.369 e. The zero-order valence-electron chi connectivity index (χ0n) is 14.0. The molecule has 4 heteroatoms. The number of benzene rings is 1. The van der Waals surface area contributed by atoms with Gasteiger partial charge < -0.3 is 5.32 Å². The highest BCUT2D eigenvalue weighted by Gasteiger charge is 2.14. The van der Waals surface area contributed by atoms with Crippen molar-refractivity contribution in [1.29, 1.82) is 0 Å². The summed E-state index contributed by atoms with van der Waals surface area (Å²) in [7, 11) is 0. The molecule has 23 heavy (non-hydrogen) atoms. The number of thiophene rings is 1. The lowest BCUT2D eigenvalue weighted by atomic mass is 10.1. The Labute approximate surface area is 141 Å². The summed E-state index contributed by atoms with van der Waals surface area (Å²) in [4.78, 5) is 12.1. The lowest BCUT2D eigenvalue weighted by Gasteiger charge is -2.09. The summed E-state index contributed by atoms with van der Waals surface area (Å²) in [5.41, 5.74) is 2.55. The highest BCUT2D eigenvalue weighted by atomic mass is 32.1. The molecular formula is C19H23N3S. The lowest BCUT2D eigenvalue weighted by molar-refractivity contribution is 0.829. The molecule has 0 spiro atoms. The van der Waals surface area contributed by atoms with Crippen LogP contribution in [-0.2, 0) is 6.42 Å². The third kappa shape index (κ3) is 3.53. The number of unbranched alkanes of at least 4 members (excludes halogenated alkanes) is 1. The van der Waals surface area contributed by atoms with Crippen LogP contribution < -0.4 is 5.32 Å². The van der Waals surface area contributed by atoms with Crippen LogP contribution in [-0.4, -0.2) is 16.5 Å². The number of anilines is 1. The average molecular weight is 325 g/mol. The Bertz CT molecular complexity index is 793. The summed E-state index contributed by atoms with van der Waals surface area (Å²) >= 11 is 1.77. The zero-order valence-corrected chi connectivity index (χ0v) is 14.8. The molecule has 0 fully saturated rings. The van der Waals surface area contributed by atoms with E-state index in [9.17, 15) is 0 Å². The molecule has 1 aromatic carbocycles. The quantitative estimate of drug-likeness (QED) is 0.640. The molecule has 2 aromatic heterocycles. The number of aryl methyl sites for hydroxylation is 2. The standard InChI is InChI=1S/C19H23N3S/c1-4-5-11-20-18-17-13(2)14(3)23-19(17)22-16(21-18)12-15-9-7-6-8-10-15/h6-10H,4-5,11-12H2,1-3H3,(H,20,21,22). The van der Waals surface area contributed by atoms with Crippen molar-refractivity contribution in [1.82, 2.24) is 9.97 Å². The van der Waals surface area contributed by atoms with Crippen LogP contribution in [0.15, 0.2) is 30.3 Å². The minimum atomic E-state index is 0.773. The van der Waals surface area contributed by atoms with Crippen LogP contribution in [0.2, 0.25) is 0 Å². The van der Waals surface area contributed by atoms with Crippen molar-refractivity contribution in [3.05, 3.63) is 52.2 Å². The maximum absolute atomic E-state index is 4.83. The third-order valence-electron chi connectivity index (χ3n) is 4.10. The monoisotopic (exact) mass is 325 g/mol. The molecular weight excluding hydrogens is 302 g/mol. The second-order valence-corrected chi connectivity index (χ2v) is 7.10. The fourth-order valence-electron chi connectivity index (χ4n) is 2.66. The van der Waals surface area contributed by atoms with Gasteiger partial charge in [0.1, 0.15) is 16.5 Å². The van der Waals surface area contributed by atoms with Gasteiger partial charge in [-0.15, -0.1) is 11.3 Å². The molecule has 1 N–H and O–H groups in total. The van der Waals surface area contributed by atoms with Crippen LogP contribution in [0.3, 0.4) is 0 Å². The van der Waals surface area contributed by atoms with Crippen molar-refractivity contribution in [3.8, 4) is 0 Å². The normalized spacial score (nSPS) is 11.1. The molecule has 3 aromatic rings. The Morgan fingerprint density at radius 1 is 1.09 bits per heavy atom. The maximum atomic E-state index is 4.83.